The third kappa shape index (κ3) is 14.6. The molecule has 0 fully saturated rings. The van der Waals surface area contributed by atoms with Gasteiger partial charge in [0, 0.05) is 57.2 Å². The fraction of sp³-hybridized carbons (Fsp3) is 0.160. The van der Waals surface area contributed by atoms with Gasteiger partial charge in [0.25, 0.3) is 0 Å². The van der Waals surface area contributed by atoms with Crippen LogP contribution in [0.3, 0.4) is 0 Å². The summed E-state index contributed by atoms with van der Waals surface area (Å²) < 4.78 is 0. The van der Waals surface area contributed by atoms with E-state index in [9.17, 15) is 0 Å². The molecule has 308 valence electrons. The van der Waals surface area contributed by atoms with Crippen LogP contribution in [0.5, 0.6) is 0 Å². The predicted octanol–water partition coefficient (Wildman–Crippen LogP) is 9.81. The SMILES string of the molecule is CC([c-]1cccc1P(c1ccccc1)[c-]1[cH-][cH-][cH-][cH-]1)N(C)C.CC(c1ccc[c-]1P(c1ccccc1)c1cc[cH-]c1)N(C)C.[Fe].[Fe].[Fe].c1cc[cH-]c1.c1cc[cH-]c1. The minimum absolute atomic E-state index is 0. The average molecular weight is 912 g/mol. The van der Waals surface area contributed by atoms with Crippen LogP contribution in [0, 0.1) is 0 Å². The Balaban J connectivity index is 0.000000302. The Hall–Kier alpha value is -3.12. The minimum Gasteiger partial charge on any atom is -0.747 e. The van der Waals surface area contributed by atoms with Crippen LogP contribution in [0.4, 0.5) is 0 Å². The van der Waals surface area contributed by atoms with Crippen LogP contribution < -0.4 is 31.8 Å². The van der Waals surface area contributed by atoms with Gasteiger partial charge in [0.05, 0.1) is 0 Å². The molecule has 4 unspecified atom stereocenters. The van der Waals surface area contributed by atoms with E-state index in [4.69, 9.17) is 0 Å². The number of nitrogens with zero attached hydrogens (tertiary/aromatic N) is 2. The Morgan fingerprint density at radius 1 is 0.509 bits per heavy atom. The van der Waals surface area contributed by atoms with E-state index in [1.165, 1.54) is 43.0 Å². The molecule has 0 saturated carbocycles. The Labute approximate surface area is 377 Å². The summed E-state index contributed by atoms with van der Waals surface area (Å²) in [6, 6.07) is 73.8. The summed E-state index contributed by atoms with van der Waals surface area (Å²) in [6.07, 6.45) is 0. The first-order chi connectivity index (χ1) is 26.4. The zero-order valence-electron chi connectivity index (χ0n) is 33.6. The first-order valence-corrected chi connectivity index (χ1v) is 21.4. The van der Waals surface area contributed by atoms with Gasteiger partial charge in [0.15, 0.2) is 0 Å². The molecule has 0 aliphatic carbocycles. The van der Waals surface area contributed by atoms with Gasteiger partial charge in [0.1, 0.15) is 0 Å². The van der Waals surface area contributed by atoms with Crippen molar-refractivity contribution >= 4 is 47.7 Å². The Kier molecular flexibility index (Phi) is 23.5. The second kappa shape index (κ2) is 26.8. The molecule has 7 heteroatoms. The van der Waals surface area contributed by atoms with Crippen LogP contribution in [0.25, 0.3) is 0 Å². The van der Waals surface area contributed by atoms with Gasteiger partial charge < -0.3 is 39.4 Å². The normalized spacial score (nSPS) is 12.4. The van der Waals surface area contributed by atoms with Gasteiger partial charge in [-0.1, -0.05) is 72.9 Å². The average Bonchev–Trinajstić information content (AvgIpc) is 4.05. The van der Waals surface area contributed by atoms with Gasteiger partial charge in [-0.3, -0.25) is 7.92 Å². The zero-order chi connectivity index (χ0) is 38.1. The Bertz CT molecular complexity index is 1870. The molecule has 8 aromatic carbocycles. The summed E-state index contributed by atoms with van der Waals surface area (Å²) >= 11 is 0. The molecule has 0 spiro atoms. The van der Waals surface area contributed by atoms with Crippen molar-refractivity contribution in [2.24, 2.45) is 0 Å². The fourth-order valence-electron chi connectivity index (χ4n) is 6.20. The van der Waals surface area contributed by atoms with E-state index in [1.807, 2.05) is 60.7 Å². The number of hydrogen-bond acceptors (Lipinski definition) is 2. The van der Waals surface area contributed by atoms with Crippen LogP contribution >= 0.6 is 15.8 Å². The number of rotatable bonds is 10. The van der Waals surface area contributed by atoms with Gasteiger partial charge >= 0.3 is 0 Å². The Morgan fingerprint density at radius 3 is 1.49 bits per heavy atom. The summed E-state index contributed by atoms with van der Waals surface area (Å²) in [4.78, 5) is 4.56. The summed E-state index contributed by atoms with van der Waals surface area (Å²) in [5.74, 6) is 0. The van der Waals surface area contributed by atoms with E-state index >= 15 is 0 Å². The summed E-state index contributed by atoms with van der Waals surface area (Å²) in [6.45, 7) is 4.56. The molecule has 8 rings (SSSR count). The molecule has 57 heavy (non-hydrogen) atoms. The molecule has 0 aliphatic heterocycles. The molecule has 0 radical (unpaired) electrons. The molecule has 2 nitrogen and oxygen atoms in total. The van der Waals surface area contributed by atoms with Gasteiger partial charge in [-0.25, -0.2) is 54.6 Å². The summed E-state index contributed by atoms with van der Waals surface area (Å²) in [7, 11) is 7.64. The molecule has 0 amide bonds. The molecule has 0 aliphatic rings. The molecule has 4 atom stereocenters. The molecular weight excluding hydrogens is 858 g/mol. The van der Waals surface area contributed by atoms with Crippen molar-refractivity contribution < 1.29 is 51.2 Å². The molecule has 0 saturated heterocycles. The van der Waals surface area contributed by atoms with Gasteiger partial charge in [-0.05, 0) is 46.5 Å². The van der Waals surface area contributed by atoms with E-state index in [-0.39, 0.29) is 51.2 Å². The quantitative estimate of drug-likeness (QED) is 0.0767. The van der Waals surface area contributed by atoms with E-state index < -0.39 is 15.8 Å². The van der Waals surface area contributed by atoms with Crippen molar-refractivity contribution in [2.45, 2.75) is 25.9 Å². The van der Waals surface area contributed by atoms with Crippen LogP contribution in [0.15, 0.2) is 206 Å². The molecule has 0 aromatic heterocycles. The van der Waals surface area contributed by atoms with Crippen molar-refractivity contribution in [1.29, 1.82) is 0 Å². The van der Waals surface area contributed by atoms with Crippen LogP contribution in [0.2, 0.25) is 0 Å². The van der Waals surface area contributed by atoms with Crippen molar-refractivity contribution in [1.82, 2.24) is 9.80 Å². The van der Waals surface area contributed by atoms with Crippen LogP contribution in [-0.4, -0.2) is 38.0 Å². The maximum atomic E-state index is 2.31. The van der Waals surface area contributed by atoms with E-state index in [0.29, 0.717) is 12.1 Å². The van der Waals surface area contributed by atoms with Crippen molar-refractivity contribution in [3.8, 4) is 0 Å². The van der Waals surface area contributed by atoms with Gasteiger partial charge in [0.2, 0.25) is 0 Å². The van der Waals surface area contributed by atoms with Crippen molar-refractivity contribution in [2.75, 3.05) is 28.2 Å². The third-order valence-electron chi connectivity index (χ3n) is 9.53. The molecule has 0 heterocycles. The zero-order valence-corrected chi connectivity index (χ0v) is 38.7. The standard InChI is InChI=1S/2C20H22NP.2C5H5.3Fe/c2*1-16(21(2)3)19-14-9-15-20(19)22(18-12-7-8-13-18)17-10-5-4-6-11-17;2*1-2-4-5-3-1;;;/h2*4-16H,1-3H3;2*1-5H;;;/q-6;-2;2*-1;;;. The molecule has 0 bridgehead atoms. The largest absolute Gasteiger partial charge is 0.747 e. The van der Waals surface area contributed by atoms with Gasteiger partial charge in [-0.15, -0.1) is 24.4 Å². The number of hydrogen-bond donors (Lipinski definition) is 0. The topological polar surface area (TPSA) is 6.48 Å². The third-order valence-corrected chi connectivity index (χ3v) is 14.6. The van der Waals surface area contributed by atoms with E-state index in [1.54, 1.807) is 0 Å². The molecule has 0 N–H and O–H groups in total. The van der Waals surface area contributed by atoms with Gasteiger partial charge in [-0.2, -0.15) is 77.3 Å². The second-order valence-electron chi connectivity index (χ2n) is 13.6. The second-order valence-corrected chi connectivity index (χ2v) is 17.9. The van der Waals surface area contributed by atoms with Crippen LogP contribution in [-0.2, 0) is 51.2 Å². The molecule has 8 aromatic rings. The monoisotopic (exact) mass is 912 g/mol. The first kappa shape index (κ1) is 50.0. The summed E-state index contributed by atoms with van der Waals surface area (Å²) in [5, 5.41) is 8.66. The fourth-order valence-corrected chi connectivity index (χ4v) is 11.3. The van der Waals surface area contributed by atoms with E-state index in [2.05, 4.69) is 197 Å². The van der Waals surface area contributed by atoms with E-state index in [0.717, 1.165) is 0 Å². The van der Waals surface area contributed by atoms with Crippen molar-refractivity contribution in [3.63, 3.8) is 0 Å². The summed E-state index contributed by atoms with van der Waals surface area (Å²) in [5.41, 5.74) is 2.89. The molecular formula is C50H54Fe3N2P2-10. The smallest absolute Gasteiger partial charge is 0.00891 e. The maximum absolute atomic E-state index is 2.31. The maximum Gasteiger partial charge on any atom is 0.00891 e. The number of benzene rings is 2. The predicted molar refractivity (Wildman–Crippen MR) is 241 cm³/mol. The Morgan fingerprint density at radius 2 is 1.04 bits per heavy atom. The minimum atomic E-state index is -0.477. The first-order valence-electron chi connectivity index (χ1n) is 18.7. The van der Waals surface area contributed by atoms with Crippen LogP contribution in [0.1, 0.15) is 37.1 Å². The van der Waals surface area contributed by atoms with Crippen molar-refractivity contribution in [3.05, 3.63) is 217 Å².